The quantitative estimate of drug-likeness (QED) is 0.659. The van der Waals surface area contributed by atoms with Gasteiger partial charge in [-0.25, -0.2) is 4.79 Å². The van der Waals surface area contributed by atoms with Gasteiger partial charge in [0.05, 0.1) is 0 Å². The molecule has 1 atom stereocenters. The Labute approximate surface area is 107 Å². The first-order valence-corrected chi connectivity index (χ1v) is 5.98. The summed E-state index contributed by atoms with van der Waals surface area (Å²) in [4.78, 5) is 11.6. The number of benzene rings is 1. The van der Waals surface area contributed by atoms with Crippen LogP contribution in [0.5, 0.6) is 0 Å². The van der Waals surface area contributed by atoms with Crippen molar-refractivity contribution in [3.05, 3.63) is 35.9 Å². The van der Waals surface area contributed by atoms with Crippen LogP contribution >= 0.6 is 12.2 Å². The molecule has 0 aliphatic heterocycles. The van der Waals surface area contributed by atoms with E-state index >= 15 is 0 Å². The largest absolute Gasteiger partial charge is 0.413 e. The van der Waals surface area contributed by atoms with Crippen molar-refractivity contribution in [2.45, 2.75) is 26.3 Å². The predicted molar refractivity (Wildman–Crippen MR) is 71.7 cm³/mol. The molecule has 0 aliphatic rings. The minimum Gasteiger partial charge on any atom is -0.413 e. The van der Waals surface area contributed by atoms with Gasteiger partial charge in [-0.05, 0) is 24.6 Å². The summed E-state index contributed by atoms with van der Waals surface area (Å²) < 4.78 is 5.07. The first-order chi connectivity index (χ1) is 8.00. The Morgan fingerprint density at radius 3 is 2.47 bits per heavy atom. The maximum absolute atomic E-state index is 11.6. The van der Waals surface area contributed by atoms with Crippen molar-refractivity contribution in [2.75, 3.05) is 0 Å². The SMILES string of the molecule is CC(C)CC(N)C(=O)OC(=S)c1ccccc1. The molecule has 0 spiro atoms. The fourth-order valence-electron chi connectivity index (χ4n) is 1.40. The Balaban J connectivity index is 2.55. The molecule has 0 aromatic heterocycles. The monoisotopic (exact) mass is 251 g/mol. The van der Waals surface area contributed by atoms with Crippen LogP contribution in [0.3, 0.4) is 0 Å². The number of rotatable bonds is 4. The molecule has 0 aliphatic carbocycles. The molecule has 0 saturated carbocycles. The van der Waals surface area contributed by atoms with Crippen LogP contribution in [-0.4, -0.2) is 17.1 Å². The summed E-state index contributed by atoms with van der Waals surface area (Å²) in [6.07, 6.45) is 0.593. The van der Waals surface area contributed by atoms with Crippen LogP contribution in [0.15, 0.2) is 30.3 Å². The van der Waals surface area contributed by atoms with Crippen molar-refractivity contribution in [1.29, 1.82) is 0 Å². The number of esters is 1. The molecule has 1 aromatic rings. The van der Waals surface area contributed by atoms with Crippen LogP contribution in [0.2, 0.25) is 0 Å². The van der Waals surface area contributed by atoms with E-state index in [1.165, 1.54) is 0 Å². The molecule has 1 unspecified atom stereocenters. The number of nitrogens with two attached hydrogens (primary N) is 1. The Kier molecular flexibility index (Phi) is 5.25. The number of ether oxygens (including phenoxy) is 1. The van der Waals surface area contributed by atoms with Gasteiger partial charge in [-0.2, -0.15) is 0 Å². The van der Waals surface area contributed by atoms with Gasteiger partial charge in [0.15, 0.2) is 0 Å². The molecule has 17 heavy (non-hydrogen) atoms. The van der Waals surface area contributed by atoms with Gasteiger partial charge in [0.1, 0.15) is 6.04 Å². The van der Waals surface area contributed by atoms with E-state index < -0.39 is 12.0 Å². The lowest BCUT2D eigenvalue weighted by Crippen LogP contribution is -2.34. The lowest BCUT2D eigenvalue weighted by Gasteiger charge is -2.13. The van der Waals surface area contributed by atoms with Gasteiger partial charge in [0.2, 0.25) is 5.05 Å². The Morgan fingerprint density at radius 2 is 1.94 bits per heavy atom. The predicted octanol–water partition coefficient (Wildman–Crippen LogP) is 2.28. The van der Waals surface area contributed by atoms with E-state index in [-0.39, 0.29) is 5.05 Å². The Bertz CT molecular complexity index is 390. The number of hydrogen-bond acceptors (Lipinski definition) is 4. The van der Waals surface area contributed by atoms with E-state index in [4.69, 9.17) is 22.7 Å². The van der Waals surface area contributed by atoms with Gasteiger partial charge in [-0.15, -0.1) is 0 Å². The number of carbonyl (C=O) groups excluding carboxylic acids is 1. The summed E-state index contributed by atoms with van der Waals surface area (Å²) in [7, 11) is 0. The number of thiocarbonyl (C=S) groups is 1. The summed E-state index contributed by atoms with van der Waals surface area (Å²) in [5, 5.41) is 0.176. The van der Waals surface area contributed by atoms with Gasteiger partial charge in [-0.3, -0.25) is 0 Å². The molecule has 0 amide bonds. The topological polar surface area (TPSA) is 52.3 Å². The van der Waals surface area contributed by atoms with E-state index in [1.54, 1.807) is 12.1 Å². The lowest BCUT2D eigenvalue weighted by molar-refractivity contribution is -0.137. The maximum atomic E-state index is 11.6. The first kappa shape index (κ1) is 13.8. The molecule has 2 N–H and O–H groups in total. The van der Waals surface area contributed by atoms with Crippen LogP contribution in [0.1, 0.15) is 25.8 Å². The minimum absolute atomic E-state index is 0.176. The highest BCUT2D eigenvalue weighted by atomic mass is 32.1. The van der Waals surface area contributed by atoms with Gasteiger partial charge in [0.25, 0.3) is 0 Å². The maximum Gasteiger partial charge on any atom is 0.329 e. The van der Waals surface area contributed by atoms with Crippen LogP contribution in [0.25, 0.3) is 0 Å². The van der Waals surface area contributed by atoms with Crippen molar-refractivity contribution < 1.29 is 9.53 Å². The molecular weight excluding hydrogens is 234 g/mol. The molecule has 0 bridgehead atoms. The zero-order valence-electron chi connectivity index (χ0n) is 10.1. The van der Waals surface area contributed by atoms with Crippen molar-refractivity contribution in [2.24, 2.45) is 11.7 Å². The average Bonchev–Trinajstić information content (AvgIpc) is 2.29. The summed E-state index contributed by atoms with van der Waals surface area (Å²) in [5.74, 6) is -0.115. The third-order valence-corrected chi connectivity index (χ3v) is 2.55. The second-order valence-corrected chi connectivity index (χ2v) is 4.68. The van der Waals surface area contributed by atoms with Crippen molar-refractivity contribution in [1.82, 2.24) is 0 Å². The Morgan fingerprint density at radius 1 is 1.35 bits per heavy atom. The summed E-state index contributed by atoms with van der Waals surface area (Å²) >= 11 is 5.03. The normalized spacial score (nSPS) is 12.2. The number of hydrogen-bond donors (Lipinski definition) is 1. The second-order valence-electron chi connectivity index (χ2n) is 4.31. The minimum atomic E-state index is -0.614. The standard InChI is InChI=1S/C13H17NO2S/c1-9(2)8-11(14)12(15)16-13(17)10-6-4-3-5-7-10/h3-7,9,11H,8,14H2,1-2H3. The third kappa shape index (κ3) is 4.63. The zero-order chi connectivity index (χ0) is 12.8. The highest BCUT2D eigenvalue weighted by Gasteiger charge is 2.18. The molecule has 1 rings (SSSR count). The molecule has 0 radical (unpaired) electrons. The van der Waals surface area contributed by atoms with Crippen molar-refractivity contribution in [3.63, 3.8) is 0 Å². The third-order valence-electron chi connectivity index (χ3n) is 2.23. The van der Waals surface area contributed by atoms with E-state index in [1.807, 2.05) is 32.0 Å². The summed E-state index contributed by atoms with van der Waals surface area (Å²) in [6, 6.07) is 8.52. The van der Waals surface area contributed by atoms with E-state index in [9.17, 15) is 4.79 Å². The van der Waals surface area contributed by atoms with Gasteiger partial charge in [-0.1, -0.05) is 44.2 Å². The molecule has 92 valence electrons. The van der Waals surface area contributed by atoms with Crippen LogP contribution in [0.4, 0.5) is 0 Å². The smallest absolute Gasteiger partial charge is 0.329 e. The van der Waals surface area contributed by atoms with Crippen molar-refractivity contribution >= 4 is 23.2 Å². The molecule has 3 nitrogen and oxygen atoms in total. The highest BCUT2D eigenvalue weighted by molar-refractivity contribution is 7.80. The first-order valence-electron chi connectivity index (χ1n) is 5.57. The van der Waals surface area contributed by atoms with E-state index in [0.717, 1.165) is 0 Å². The van der Waals surface area contributed by atoms with E-state index in [2.05, 4.69) is 0 Å². The zero-order valence-corrected chi connectivity index (χ0v) is 10.9. The fraction of sp³-hybridized carbons (Fsp3) is 0.385. The van der Waals surface area contributed by atoms with Crippen LogP contribution in [0, 0.1) is 5.92 Å². The summed E-state index contributed by atoms with van der Waals surface area (Å²) in [5.41, 5.74) is 6.43. The van der Waals surface area contributed by atoms with Crippen molar-refractivity contribution in [3.8, 4) is 0 Å². The molecule has 4 heteroatoms. The lowest BCUT2D eigenvalue weighted by atomic mass is 10.1. The Hall–Kier alpha value is -1.26. The molecule has 0 heterocycles. The molecule has 1 aromatic carbocycles. The van der Waals surface area contributed by atoms with Crippen LogP contribution < -0.4 is 5.73 Å². The molecular formula is C13H17NO2S. The second kappa shape index (κ2) is 6.47. The fourth-order valence-corrected chi connectivity index (χ4v) is 1.62. The molecule has 0 fully saturated rings. The van der Waals surface area contributed by atoms with Gasteiger partial charge < -0.3 is 10.5 Å². The van der Waals surface area contributed by atoms with E-state index in [0.29, 0.717) is 17.9 Å². The molecule has 0 saturated heterocycles. The van der Waals surface area contributed by atoms with Gasteiger partial charge in [0, 0.05) is 5.56 Å². The average molecular weight is 251 g/mol. The number of carbonyl (C=O) groups is 1. The highest BCUT2D eigenvalue weighted by Crippen LogP contribution is 2.07. The summed E-state index contributed by atoms with van der Waals surface area (Å²) in [6.45, 7) is 4.01. The van der Waals surface area contributed by atoms with Gasteiger partial charge >= 0.3 is 5.97 Å². The van der Waals surface area contributed by atoms with Crippen LogP contribution in [-0.2, 0) is 9.53 Å².